The Bertz CT molecular complexity index is 1270. The minimum Gasteiger partial charge on any atom is -0.494 e. The number of rotatable bonds is 1. The molecule has 2 aromatic carbocycles. The molecule has 2 bridgehead atoms. The van der Waals surface area contributed by atoms with Gasteiger partial charge < -0.3 is 9.64 Å². The van der Waals surface area contributed by atoms with Gasteiger partial charge in [-0.1, -0.05) is 25.1 Å². The molecule has 3 atom stereocenters. The van der Waals surface area contributed by atoms with E-state index in [9.17, 15) is 9.59 Å². The van der Waals surface area contributed by atoms with Crippen molar-refractivity contribution in [2.24, 2.45) is 5.92 Å². The van der Waals surface area contributed by atoms with E-state index in [0.29, 0.717) is 5.75 Å². The molecule has 1 fully saturated rings. The first kappa shape index (κ1) is 16.5. The van der Waals surface area contributed by atoms with E-state index < -0.39 is 11.5 Å². The number of carbonyl (C=O) groups is 2. The zero-order chi connectivity index (χ0) is 20.1. The maximum Gasteiger partial charge on any atom is 0.252 e. The number of imide groups is 1. The number of fused-ring (bicyclic) bond motifs is 7. The van der Waals surface area contributed by atoms with Crippen LogP contribution in [0.3, 0.4) is 0 Å². The second kappa shape index (κ2) is 5.14. The smallest absolute Gasteiger partial charge is 0.252 e. The lowest BCUT2D eigenvalue weighted by molar-refractivity contribution is -0.141. The molecule has 0 aliphatic carbocycles. The van der Waals surface area contributed by atoms with Gasteiger partial charge in [0.25, 0.3) is 5.91 Å². The first-order valence-electron chi connectivity index (χ1n) is 9.73. The van der Waals surface area contributed by atoms with Crippen LogP contribution in [-0.2, 0) is 9.59 Å². The molecule has 3 aliphatic heterocycles. The standard InChI is InChI=1S/C23H19N3O3/c1-11-17-14-10-16(29-3)19-18-13(8-9-24-19)12-6-4-5-7-15(12)26(20(14)18)23(11,2)22(28)25-21(17)27/h4-11,17H,1-3H3,(H,25,27,28). The summed E-state index contributed by atoms with van der Waals surface area (Å²) in [5, 5.41) is 3.55. The van der Waals surface area contributed by atoms with E-state index in [2.05, 4.69) is 21.3 Å². The number of amides is 2. The predicted molar refractivity (Wildman–Crippen MR) is 109 cm³/mol. The number of hydrogen-bond donors (Lipinski definition) is 1. The van der Waals surface area contributed by atoms with Gasteiger partial charge in [-0.15, -0.1) is 0 Å². The molecule has 1 N–H and O–H groups in total. The molecule has 0 saturated carbocycles. The van der Waals surface area contributed by atoms with Crippen LogP contribution in [0.25, 0.3) is 22.0 Å². The fraction of sp³-hybridized carbons (Fsp3) is 0.261. The number of piperidine rings is 1. The maximum atomic E-state index is 13.2. The molecule has 0 spiro atoms. The van der Waals surface area contributed by atoms with Crippen molar-refractivity contribution in [1.29, 1.82) is 0 Å². The highest BCUT2D eigenvalue weighted by molar-refractivity contribution is 6.19. The zero-order valence-electron chi connectivity index (χ0n) is 16.3. The van der Waals surface area contributed by atoms with E-state index in [1.807, 2.05) is 44.2 Å². The SMILES string of the molecule is COc1cc2c3c4c(ccnc14)-c1ccccc1N3C1(C)C(=O)NC(=O)C2C1C. The van der Waals surface area contributed by atoms with E-state index in [1.165, 1.54) is 0 Å². The minimum absolute atomic E-state index is 0.204. The van der Waals surface area contributed by atoms with E-state index in [0.717, 1.165) is 39.0 Å². The average molecular weight is 385 g/mol. The summed E-state index contributed by atoms with van der Waals surface area (Å²) >= 11 is 0. The summed E-state index contributed by atoms with van der Waals surface area (Å²) in [4.78, 5) is 32.8. The highest BCUT2D eigenvalue weighted by Gasteiger charge is 2.60. The fourth-order valence-corrected chi connectivity index (χ4v) is 5.46. The number of ether oxygens (including phenoxy) is 1. The number of aromatic nitrogens is 1. The van der Waals surface area contributed by atoms with E-state index in [-0.39, 0.29) is 17.7 Å². The summed E-state index contributed by atoms with van der Waals surface area (Å²) in [5.74, 6) is -0.504. The van der Waals surface area contributed by atoms with Crippen molar-refractivity contribution in [3.05, 3.63) is 48.2 Å². The van der Waals surface area contributed by atoms with Crippen LogP contribution in [0, 0.1) is 5.92 Å². The van der Waals surface area contributed by atoms with Gasteiger partial charge in [0, 0.05) is 23.1 Å². The van der Waals surface area contributed by atoms with Gasteiger partial charge >= 0.3 is 0 Å². The predicted octanol–water partition coefficient (Wildman–Crippen LogP) is 3.51. The molecule has 29 heavy (non-hydrogen) atoms. The van der Waals surface area contributed by atoms with Crippen LogP contribution in [0.1, 0.15) is 25.3 Å². The number of nitrogens with one attached hydrogen (secondary N) is 1. The van der Waals surface area contributed by atoms with Gasteiger partial charge in [0.1, 0.15) is 16.8 Å². The van der Waals surface area contributed by atoms with Crippen molar-refractivity contribution < 1.29 is 14.3 Å². The van der Waals surface area contributed by atoms with Crippen LogP contribution in [0.5, 0.6) is 5.75 Å². The Kier molecular flexibility index (Phi) is 2.93. The Hall–Kier alpha value is -3.41. The number of nitrogens with zero attached hydrogens (tertiary/aromatic N) is 2. The van der Waals surface area contributed by atoms with Crippen molar-refractivity contribution in [2.75, 3.05) is 12.0 Å². The van der Waals surface area contributed by atoms with Crippen LogP contribution in [-0.4, -0.2) is 29.4 Å². The first-order chi connectivity index (χ1) is 14.0. The van der Waals surface area contributed by atoms with Gasteiger partial charge in [0.05, 0.1) is 24.4 Å². The summed E-state index contributed by atoms with van der Waals surface area (Å²) in [7, 11) is 1.62. The van der Waals surface area contributed by atoms with Crippen LogP contribution in [0.15, 0.2) is 42.6 Å². The highest BCUT2D eigenvalue weighted by atomic mass is 16.5. The zero-order valence-corrected chi connectivity index (χ0v) is 16.3. The molecule has 3 aliphatic rings. The molecule has 0 radical (unpaired) electrons. The van der Waals surface area contributed by atoms with Crippen LogP contribution in [0.2, 0.25) is 0 Å². The third-order valence-electron chi connectivity index (χ3n) is 7.02. The first-order valence-corrected chi connectivity index (χ1v) is 9.73. The monoisotopic (exact) mass is 385 g/mol. The molecule has 144 valence electrons. The van der Waals surface area contributed by atoms with E-state index in [4.69, 9.17) is 4.74 Å². The molecule has 4 heterocycles. The number of benzene rings is 2. The van der Waals surface area contributed by atoms with Gasteiger partial charge in [0.2, 0.25) is 5.91 Å². The molecule has 3 unspecified atom stereocenters. The summed E-state index contributed by atoms with van der Waals surface area (Å²) in [6.07, 6.45) is 1.78. The van der Waals surface area contributed by atoms with Gasteiger partial charge in [-0.3, -0.25) is 19.9 Å². The normalized spacial score (nSPS) is 26.2. The summed E-state index contributed by atoms with van der Waals surface area (Å²) < 4.78 is 5.67. The molecular formula is C23H19N3O3. The molecule has 6 heteroatoms. The number of anilines is 2. The third-order valence-corrected chi connectivity index (χ3v) is 7.02. The summed E-state index contributed by atoms with van der Waals surface area (Å²) in [6, 6.07) is 12.0. The number of carbonyl (C=O) groups excluding carboxylic acids is 2. The summed E-state index contributed by atoms with van der Waals surface area (Å²) in [5.41, 5.74) is 4.69. The molecule has 1 aromatic heterocycles. The topological polar surface area (TPSA) is 71.5 Å². The Balaban J connectivity index is 1.88. The van der Waals surface area contributed by atoms with Crippen molar-refractivity contribution in [2.45, 2.75) is 25.3 Å². The van der Waals surface area contributed by atoms with Crippen molar-refractivity contribution in [1.82, 2.24) is 10.3 Å². The average Bonchev–Trinajstić information content (AvgIpc) is 2.73. The van der Waals surface area contributed by atoms with Crippen molar-refractivity contribution in [3.63, 3.8) is 0 Å². The van der Waals surface area contributed by atoms with Gasteiger partial charge in [-0.05, 0) is 36.2 Å². The fourth-order valence-electron chi connectivity index (χ4n) is 5.46. The second-order valence-electron chi connectivity index (χ2n) is 8.18. The molecule has 6 rings (SSSR count). The van der Waals surface area contributed by atoms with Crippen LogP contribution < -0.4 is 15.0 Å². The Labute approximate surface area is 167 Å². The van der Waals surface area contributed by atoms with Crippen molar-refractivity contribution >= 4 is 34.1 Å². The van der Waals surface area contributed by atoms with Gasteiger partial charge in [-0.2, -0.15) is 0 Å². The van der Waals surface area contributed by atoms with Crippen LogP contribution in [0.4, 0.5) is 11.4 Å². The summed E-state index contributed by atoms with van der Waals surface area (Å²) in [6.45, 7) is 3.92. The molecule has 2 amide bonds. The maximum absolute atomic E-state index is 13.2. The minimum atomic E-state index is -0.892. The molecule has 3 aromatic rings. The lowest BCUT2D eigenvalue weighted by atomic mass is 9.65. The largest absolute Gasteiger partial charge is 0.494 e. The lowest BCUT2D eigenvalue weighted by Crippen LogP contribution is -2.69. The lowest BCUT2D eigenvalue weighted by Gasteiger charge is -2.56. The van der Waals surface area contributed by atoms with E-state index >= 15 is 0 Å². The number of pyridine rings is 1. The Morgan fingerprint density at radius 2 is 1.97 bits per heavy atom. The van der Waals surface area contributed by atoms with E-state index in [1.54, 1.807) is 13.3 Å². The molecule has 1 saturated heterocycles. The second-order valence-corrected chi connectivity index (χ2v) is 8.18. The number of methoxy groups -OCH3 is 1. The van der Waals surface area contributed by atoms with Crippen molar-refractivity contribution in [3.8, 4) is 16.9 Å². The quantitative estimate of drug-likeness (QED) is 0.649. The number of hydrogen-bond acceptors (Lipinski definition) is 5. The Morgan fingerprint density at radius 1 is 1.17 bits per heavy atom. The third kappa shape index (κ3) is 1.71. The van der Waals surface area contributed by atoms with Gasteiger partial charge in [-0.25, -0.2) is 0 Å². The van der Waals surface area contributed by atoms with Gasteiger partial charge in [0.15, 0.2) is 0 Å². The highest BCUT2D eigenvalue weighted by Crippen LogP contribution is 2.60. The van der Waals surface area contributed by atoms with Crippen LogP contribution >= 0.6 is 0 Å². The number of para-hydroxylation sites is 1. The molecule has 6 nitrogen and oxygen atoms in total. The molecular weight excluding hydrogens is 366 g/mol. The Morgan fingerprint density at radius 3 is 2.76 bits per heavy atom.